The van der Waals surface area contributed by atoms with Crippen LogP contribution in [0.3, 0.4) is 0 Å². The van der Waals surface area contributed by atoms with E-state index in [-0.39, 0.29) is 23.1 Å². The monoisotopic (exact) mass is 496 g/mol. The zero-order chi connectivity index (χ0) is 24.1. The van der Waals surface area contributed by atoms with Crippen molar-refractivity contribution >= 4 is 39.0 Å². The Balaban J connectivity index is 1.36. The SMILES string of the molecule is Cc1cc(C)cc(NC(=O)CSc2ccc3nnc(CCNS(=O)(=O)c4ccccc4)n3n2)c1. The highest BCUT2D eigenvalue weighted by Gasteiger charge is 2.14. The third kappa shape index (κ3) is 5.99. The molecule has 11 heteroatoms. The fourth-order valence-electron chi connectivity index (χ4n) is 3.41. The van der Waals surface area contributed by atoms with E-state index >= 15 is 0 Å². The van der Waals surface area contributed by atoms with Gasteiger partial charge in [0.25, 0.3) is 0 Å². The molecule has 1 amide bonds. The molecule has 0 unspecified atom stereocenters. The Labute approximate surface area is 202 Å². The molecule has 0 atom stereocenters. The molecule has 0 bridgehead atoms. The summed E-state index contributed by atoms with van der Waals surface area (Å²) in [5.41, 5.74) is 3.48. The van der Waals surface area contributed by atoms with Gasteiger partial charge in [-0.05, 0) is 61.4 Å². The van der Waals surface area contributed by atoms with Gasteiger partial charge in [0, 0.05) is 18.7 Å². The maximum Gasteiger partial charge on any atom is 0.240 e. The lowest BCUT2D eigenvalue weighted by Crippen LogP contribution is -2.26. The zero-order valence-electron chi connectivity index (χ0n) is 18.7. The summed E-state index contributed by atoms with van der Waals surface area (Å²) in [6, 6.07) is 17.6. The largest absolute Gasteiger partial charge is 0.325 e. The van der Waals surface area contributed by atoms with Crippen molar-refractivity contribution in [2.24, 2.45) is 0 Å². The Hall–Kier alpha value is -3.28. The fourth-order valence-corrected chi connectivity index (χ4v) is 5.12. The molecule has 2 aromatic carbocycles. The maximum absolute atomic E-state index is 12.4. The second-order valence-electron chi connectivity index (χ2n) is 7.73. The third-order valence-electron chi connectivity index (χ3n) is 4.85. The second kappa shape index (κ2) is 10.3. The lowest BCUT2D eigenvalue weighted by Gasteiger charge is -2.08. The van der Waals surface area contributed by atoms with Crippen LogP contribution in [0.4, 0.5) is 5.69 Å². The number of thioether (sulfide) groups is 1. The molecule has 0 radical (unpaired) electrons. The Morgan fingerprint density at radius 1 is 1.00 bits per heavy atom. The molecule has 0 aliphatic rings. The van der Waals surface area contributed by atoms with Gasteiger partial charge in [-0.15, -0.1) is 10.2 Å². The van der Waals surface area contributed by atoms with Gasteiger partial charge in [0.1, 0.15) is 5.03 Å². The predicted molar refractivity (Wildman–Crippen MR) is 131 cm³/mol. The molecule has 0 aliphatic carbocycles. The van der Waals surface area contributed by atoms with Gasteiger partial charge < -0.3 is 5.32 Å². The van der Waals surface area contributed by atoms with Crippen molar-refractivity contribution in [1.82, 2.24) is 24.5 Å². The highest BCUT2D eigenvalue weighted by molar-refractivity contribution is 7.99. The van der Waals surface area contributed by atoms with Crippen LogP contribution in [0.25, 0.3) is 5.65 Å². The van der Waals surface area contributed by atoms with Gasteiger partial charge in [0.15, 0.2) is 11.5 Å². The molecule has 2 aromatic heterocycles. The number of anilines is 1. The van der Waals surface area contributed by atoms with E-state index in [2.05, 4.69) is 25.3 Å². The third-order valence-corrected chi connectivity index (χ3v) is 7.25. The average Bonchev–Trinajstić information content (AvgIpc) is 3.20. The minimum atomic E-state index is -3.60. The van der Waals surface area contributed by atoms with Gasteiger partial charge in [-0.2, -0.15) is 9.61 Å². The topological polar surface area (TPSA) is 118 Å². The molecule has 9 nitrogen and oxygen atoms in total. The van der Waals surface area contributed by atoms with Crippen LogP contribution in [-0.2, 0) is 21.2 Å². The summed E-state index contributed by atoms with van der Waals surface area (Å²) in [7, 11) is -3.60. The van der Waals surface area contributed by atoms with Crippen molar-refractivity contribution in [2.45, 2.75) is 30.2 Å². The van der Waals surface area contributed by atoms with Crippen LogP contribution in [0.5, 0.6) is 0 Å². The van der Waals surface area contributed by atoms with E-state index in [0.29, 0.717) is 22.9 Å². The van der Waals surface area contributed by atoms with Gasteiger partial charge in [-0.3, -0.25) is 4.79 Å². The Morgan fingerprint density at radius 2 is 1.74 bits per heavy atom. The summed E-state index contributed by atoms with van der Waals surface area (Å²) in [4.78, 5) is 12.6. The van der Waals surface area contributed by atoms with Gasteiger partial charge >= 0.3 is 0 Å². The number of fused-ring (bicyclic) bond motifs is 1. The van der Waals surface area contributed by atoms with Gasteiger partial charge in [0.2, 0.25) is 15.9 Å². The number of amides is 1. The molecule has 34 heavy (non-hydrogen) atoms. The Bertz CT molecular complexity index is 1400. The summed E-state index contributed by atoms with van der Waals surface area (Å²) >= 11 is 1.30. The van der Waals surface area contributed by atoms with E-state index in [1.807, 2.05) is 32.0 Å². The maximum atomic E-state index is 12.4. The molecule has 0 saturated heterocycles. The molecule has 0 aliphatic heterocycles. The number of hydrogen-bond acceptors (Lipinski definition) is 7. The lowest BCUT2D eigenvalue weighted by molar-refractivity contribution is -0.113. The van der Waals surface area contributed by atoms with Crippen molar-refractivity contribution in [1.29, 1.82) is 0 Å². The van der Waals surface area contributed by atoms with E-state index < -0.39 is 10.0 Å². The molecule has 4 aromatic rings. The van der Waals surface area contributed by atoms with Crippen LogP contribution in [-0.4, -0.2) is 46.4 Å². The first-order chi connectivity index (χ1) is 16.3. The molecule has 2 heterocycles. The predicted octanol–water partition coefficient (Wildman–Crippen LogP) is 2.99. The minimum absolute atomic E-state index is 0.129. The van der Waals surface area contributed by atoms with Crippen molar-refractivity contribution in [3.8, 4) is 0 Å². The highest BCUT2D eigenvalue weighted by atomic mass is 32.2. The number of aryl methyl sites for hydroxylation is 2. The number of nitrogens with zero attached hydrogens (tertiary/aromatic N) is 4. The molecule has 176 valence electrons. The zero-order valence-corrected chi connectivity index (χ0v) is 20.4. The van der Waals surface area contributed by atoms with E-state index in [4.69, 9.17) is 0 Å². The second-order valence-corrected chi connectivity index (χ2v) is 10.5. The lowest BCUT2D eigenvalue weighted by atomic mass is 10.1. The Kier molecular flexibility index (Phi) is 7.25. The standard InChI is InChI=1S/C23H24N6O3S2/c1-16-12-17(2)14-18(13-16)25-22(30)15-33-23-9-8-20-26-27-21(29(20)28-23)10-11-24-34(31,32)19-6-4-3-5-7-19/h3-9,12-14,24H,10-11,15H2,1-2H3,(H,25,30). The molecule has 0 saturated carbocycles. The summed E-state index contributed by atoms with van der Waals surface area (Å²) in [5.74, 6) is 0.587. The first kappa shape index (κ1) is 23.9. The molecule has 0 spiro atoms. The fraction of sp³-hybridized carbons (Fsp3) is 0.217. The molecular formula is C23H24N6O3S2. The van der Waals surface area contributed by atoms with Gasteiger partial charge in [-0.1, -0.05) is 36.0 Å². The number of hydrogen-bond donors (Lipinski definition) is 2. The number of carbonyl (C=O) groups excluding carboxylic acids is 1. The highest BCUT2D eigenvalue weighted by Crippen LogP contribution is 2.18. The van der Waals surface area contributed by atoms with Crippen molar-refractivity contribution in [3.05, 3.63) is 77.6 Å². The average molecular weight is 497 g/mol. The van der Waals surface area contributed by atoms with Crippen LogP contribution < -0.4 is 10.0 Å². The number of aromatic nitrogens is 4. The molecular weight excluding hydrogens is 472 g/mol. The van der Waals surface area contributed by atoms with Crippen LogP contribution in [0.1, 0.15) is 17.0 Å². The molecule has 2 N–H and O–H groups in total. The van der Waals surface area contributed by atoms with Crippen LogP contribution in [0, 0.1) is 13.8 Å². The summed E-state index contributed by atoms with van der Waals surface area (Å²) < 4.78 is 28.9. The van der Waals surface area contributed by atoms with Crippen molar-refractivity contribution in [3.63, 3.8) is 0 Å². The van der Waals surface area contributed by atoms with E-state index in [1.54, 1.807) is 34.8 Å². The van der Waals surface area contributed by atoms with Crippen molar-refractivity contribution in [2.75, 3.05) is 17.6 Å². The minimum Gasteiger partial charge on any atom is -0.325 e. The summed E-state index contributed by atoms with van der Waals surface area (Å²) in [6.45, 7) is 4.12. The van der Waals surface area contributed by atoms with E-state index in [9.17, 15) is 13.2 Å². The number of rotatable bonds is 9. The van der Waals surface area contributed by atoms with E-state index in [0.717, 1.165) is 16.8 Å². The van der Waals surface area contributed by atoms with E-state index in [1.165, 1.54) is 23.9 Å². The quantitative estimate of drug-likeness (QED) is 0.342. The summed E-state index contributed by atoms with van der Waals surface area (Å²) in [6.07, 6.45) is 0.307. The van der Waals surface area contributed by atoms with Crippen LogP contribution >= 0.6 is 11.8 Å². The van der Waals surface area contributed by atoms with Crippen LogP contribution in [0.15, 0.2) is 70.6 Å². The van der Waals surface area contributed by atoms with Gasteiger partial charge in [0.05, 0.1) is 10.6 Å². The number of nitrogens with one attached hydrogen (secondary N) is 2. The Morgan fingerprint density at radius 3 is 2.47 bits per heavy atom. The number of carbonyl (C=O) groups is 1. The summed E-state index contributed by atoms with van der Waals surface area (Å²) in [5, 5.41) is 16.3. The molecule has 4 rings (SSSR count). The first-order valence-electron chi connectivity index (χ1n) is 10.6. The van der Waals surface area contributed by atoms with Crippen molar-refractivity contribution < 1.29 is 13.2 Å². The number of benzene rings is 2. The number of sulfonamides is 1. The van der Waals surface area contributed by atoms with Gasteiger partial charge in [-0.25, -0.2) is 13.1 Å². The normalized spacial score (nSPS) is 11.6. The smallest absolute Gasteiger partial charge is 0.240 e. The molecule has 0 fully saturated rings. The first-order valence-corrected chi connectivity index (χ1v) is 13.0. The van der Waals surface area contributed by atoms with Crippen LogP contribution in [0.2, 0.25) is 0 Å².